The lowest BCUT2D eigenvalue weighted by Crippen LogP contribution is -2.24. The van der Waals surface area contributed by atoms with Crippen LogP contribution in [0.15, 0.2) is 54.6 Å². The first kappa shape index (κ1) is 15.3. The zero-order chi connectivity index (χ0) is 14.2. The third-order valence-corrected chi connectivity index (χ3v) is 3.84. The second-order valence-electron chi connectivity index (χ2n) is 5.06. The van der Waals surface area contributed by atoms with Gasteiger partial charge in [-0.25, -0.2) is 0 Å². The first-order chi connectivity index (χ1) is 9.81. The van der Waals surface area contributed by atoms with E-state index in [0.717, 1.165) is 31.4 Å². The molecule has 0 bridgehead atoms. The van der Waals surface area contributed by atoms with Crippen molar-refractivity contribution in [2.75, 3.05) is 11.9 Å². The lowest BCUT2D eigenvalue weighted by Gasteiger charge is -2.21. The Balaban J connectivity index is 2.00. The van der Waals surface area contributed by atoms with E-state index in [4.69, 9.17) is 0 Å². The molecule has 0 amide bonds. The van der Waals surface area contributed by atoms with Gasteiger partial charge in [-0.15, -0.1) is 0 Å². The van der Waals surface area contributed by atoms with Crippen LogP contribution in [0.25, 0.3) is 0 Å². The fraction of sp³-hybridized carbons (Fsp3) is 0.333. The summed E-state index contributed by atoms with van der Waals surface area (Å²) in [7, 11) is 0. The molecule has 106 valence electrons. The van der Waals surface area contributed by atoms with Gasteiger partial charge in [-0.1, -0.05) is 77.5 Å². The van der Waals surface area contributed by atoms with Gasteiger partial charge < -0.3 is 0 Å². The summed E-state index contributed by atoms with van der Waals surface area (Å²) in [5, 5.41) is 1.01. The Labute approximate surface area is 130 Å². The molecule has 1 nitrogen and oxygen atoms in total. The van der Waals surface area contributed by atoms with Crippen molar-refractivity contribution in [3.8, 4) is 0 Å². The molecule has 0 atom stereocenters. The maximum absolute atomic E-state index is 3.56. The van der Waals surface area contributed by atoms with E-state index in [1.165, 1.54) is 16.7 Å². The highest BCUT2D eigenvalue weighted by atomic mass is 79.9. The molecule has 2 rings (SSSR count). The van der Waals surface area contributed by atoms with Crippen LogP contribution in [-0.2, 0) is 19.5 Å². The standard InChI is InChI=1S/C18H22BrN/c1-2-16-8-10-18(11-9-16)15-20(13-12-19)14-17-6-4-3-5-7-17/h3-11H,2,12-15H2,1H3. The summed E-state index contributed by atoms with van der Waals surface area (Å²) < 4.78 is 0. The van der Waals surface area contributed by atoms with Crippen molar-refractivity contribution in [2.45, 2.75) is 26.4 Å². The van der Waals surface area contributed by atoms with Gasteiger partial charge in [-0.3, -0.25) is 4.90 Å². The van der Waals surface area contributed by atoms with E-state index in [2.05, 4.69) is 82.4 Å². The quantitative estimate of drug-likeness (QED) is 0.667. The first-order valence-electron chi connectivity index (χ1n) is 7.22. The van der Waals surface area contributed by atoms with Gasteiger partial charge in [-0.2, -0.15) is 0 Å². The number of nitrogens with zero attached hydrogens (tertiary/aromatic N) is 1. The van der Waals surface area contributed by atoms with Crippen molar-refractivity contribution in [1.82, 2.24) is 4.90 Å². The van der Waals surface area contributed by atoms with Gasteiger partial charge in [0.05, 0.1) is 0 Å². The summed E-state index contributed by atoms with van der Waals surface area (Å²) >= 11 is 3.56. The van der Waals surface area contributed by atoms with E-state index in [-0.39, 0.29) is 0 Å². The van der Waals surface area contributed by atoms with E-state index in [1.807, 2.05) is 0 Å². The highest BCUT2D eigenvalue weighted by Crippen LogP contribution is 2.12. The number of alkyl halides is 1. The molecular formula is C18H22BrN. The minimum atomic E-state index is 1.00. The van der Waals surface area contributed by atoms with Crippen molar-refractivity contribution in [1.29, 1.82) is 0 Å². The molecule has 0 fully saturated rings. The summed E-state index contributed by atoms with van der Waals surface area (Å²) in [5.74, 6) is 0. The minimum absolute atomic E-state index is 1.00. The largest absolute Gasteiger partial charge is 0.294 e. The van der Waals surface area contributed by atoms with E-state index in [0.29, 0.717) is 0 Å². The van der Waals surface area contributed by atoms with Crippen LogP contribution in [0, 0.1) is 0 Å². The van der Waals surface area contributed by atoms with Crippen LogP contribution in [0.1, 0.15) is 23.6 Å². The average molecular weight is 332 g/mol. The summed E-state index contributed by atoms with van der Waals surface area (Å²) in [6.07, 6.45) is 1.11. The van der Waals surface area contributed by atoms with Gasteiger partial charge >= 0.3 is 0 Å². The lowest BCUT2D eigenvalue weighted by atomic mass is 10.1. The highest BCUT2D eigenvalue weighted by Gasteiger charge is 2.06. The smallest absolute Gasteiger partial charge is 0.0237 e. The topological polar surface area (TPSA) is 3.24 Å². The van der Waals surface area contributed by atoms with E-state index in [1.54, 1.807) is 0 Å². The second kappa shape index (κ2) is 8.23. The average Bonchev–Trinajstić information content (AvgIpc) is 2.49. The number of halogens is 1. The summed E-state index contributed by atoms with van der Waals surface area (Å²) in [6.45, 7) is 5.26. The van der Waals surface area contributed by atoms with Gasteiger partial charge in [0.1, 0.15) is 0 Å². The maximum atomic E-state index is 3.56. The molecule has 0 aromatic heterocycles. The molecule has 2 aromatic rings. The predicted molar refractivity (Wildman–Crippen MR) is 90.2 cm³/mol. The Kier molecular flexibility index (Phi) is 6.28. The first-order valence-corrected chi connectivity index (χ1v) is 8.34. The fourth-order valence-electron chi connectivity index (χ4n) is 2.31. The maximum Gasteiger partial charge on any atom is 0.0237 e. The molecule has 0 radical (unpaired) electrons. The number of aryl methyl sites for hydroxylation is 1. The molecular weight excluding hydrogens is 310 g/mol. The van der Waals surface area contributed by atoms with Crippen LogP contribution in [0.5, 0.6) is 0 Å². The van der Waals surface area contributed by atoms with Gasteiger partial charge in [0.15, 0.2) is 0 Å². The SMILES string of the molecule is CCc1ccc(CN(CCBr)Cc2ccccc2)cc1. The molecule has 2 heteroatoms. The molecule has 0 spiro atoms. The number of rotatable bonds is 7. The normalized spacial score (nSPS) is 10.9. The Morgan fingerprint density at radius 2 is 1.35 bits per heavy atom. The Morgan fingerprint density at radius 3 is 1.90 bits per heavy atom. The number of hydrogen-bond acceptors (Lipinski definition) is 1. The third kappa shape index (κ3) is 4.77. The summed E-state index contributed by atoms with van der Waals surface area (Å²) in [4.78, 5) is 2.48. The Morgan fingerprint density at radius 1 is 0.800 bits per heavy atom. The van der Waals surface area contributed by atoms with Crippen LogP contribution in [-0.4, -0.2) is 16.8 Å². The Hall–Kier alpha value is -1.12. The highest BCUT2D eigenvalue weighted by molar-refractivity contribution is 9.09. The van der Waals surface area contributed by atoms with E-state index < -0.39 is 0 Å². The van der Waals surface area contributed by atoms with Crippen LogP contribution < -0.4 is 0 Å². The number of benzene rings is 2. The van der Waals surface area contributed by atoms with Gasteiger partial charge in [0.25, 0.3) is 0 Å². The molecule has 0 N–H and O–H groups in total. The number of hydrogen-bond donors (Lipinski definition) is 0. The van der Waals surface area contributed by atoms with Crippen molar-refractivity contribution < 1.29 is 0 Å². The second-order valence-corrected chi connectivity index (χ2v) is 5.85. The van der Waals surface area contributed by atoms with Gasteiger partial charge in [0, 0.05) is 25.0 Å². The molecule has 0 saturated carbocycles. The van der Waals surface area contributed by atoms with Gasteiger partial charge in [-0.05, 0) is 23.1 Å². The van der Waals surface area contributed by atoms with E-state index >= 15 is 0 Å². The van der Waals surface area contributed by atoms with Crippen molar-refractivity contribution >= 4 is 15.9 Å². The summed E-state index contributed by atoms with van der Waals surface area (Å²) in [6, 6.07) is 19.7. The van der Waals surface area contributed by atoms with Crippen LogP contribution in [0.2, 0.25) is 0 Å². The van der Waals surface area contributed by atoms with Crippen molar-refractivity contribution in [3.05, 3.63) is 71.3 Å². The van der Waals surface area contributed by atoms with Crippen LogP contribution in [0.3, 0.4) is 0 Å². The summed E-state index contributed by atoms with van der Waals surface area (Å²) in [5.41, 5.74) is 4.17. The molecule has 0 saturated heterocycles. The van der Waals surface area contributed by atoms with Gasteiger partial charge in [0.2, 0.25) is 0 Å². The lowest BCUT2D eigenvalue weighted by molar-refractivity contribution is 0.274. The zero-order valence-corrected chi connectivity index (χ0v) is 13.6. The van der Waals surface area contributed by atoms with Crippen LogP contribution in [0.4, 0.5) is 0 Å². The zero-order valence-electron chi connectivity index (χ0n) is 12.1. The van der Waals surface area contributed by atoms with E-state index in [9.17, 15) is 0 Å². The van der Waals surface area contributed by atoms with Crippen molar-refractivity contribution in [2.24, 2.45) is 0 Å². The monoisotopic (exact) mass is 331 g/mol. The predicted octanol–water partition coefficient (Wildman–Crippen LogP) is 4.65. The fourth-order valence-corrected chi connectivity index (χ4v) is 2.82. The molecule has 0 aliphatic carbocycles. The van der Waals surface area contributed by atoms with Crippen molar-refractivity contribution in [3.63, 3.8) is 0 Å². The minimum Gasteiger partial charge on any atom is -0.294 e. The molecule has 0 aliphatic rings. The molecule has 2 aromatic carbocycles. The van der Waals surface area contributed by atoms with Crippen LogP contribution >= 0.6 is 15.9 Å². The third-order valence-electron chi connectivity index (χ3n) is 3.49. The molecule has 0 aliphatic heterocycles. The molecule has 0 unspecified atom stereocenters. The Bertz CT molecular complexity index is 493. The molecule has 0 heterocycles. The molecule has 20 heavy (non-hydrogen) atoms.